The number of aryl methyl sites for hydroxylation is 2. The summed E-state index contributed by atoms with van der Waals surface area (Å²) in [5.74, 6) is 0.577. The number of phenols is 2. The third-order valence-electron chi connectivity index (χ3n) is 16.4. The van der Waals surface area contributed by atoms with Crippen LogP contribution >= 0.6 is 0 Å². The SMILES string of the molecule is C.C.CCCCC(C)(CCCC)c1cc(C)c(O)c(C=Nc2ccccc2N=Cc2cc(C(C)(CCC[N+](CCCC)(CCCC)CCCC)CCC[N+](CCCC)(CCCC)CCCC)cc(C)c2O)c1.O=C(O)O.[CH3-].[Co]. The smallest absolute Gasteiger partial charge is 0.503 e. The first-order valence-corrected chi connectivity index (χ1v) is 29.9. The number of carboxylic acid groups (broad SMARTS) is 2. The van der Waals surface area contributed by atoms with Crippen LogP contribution in [0, 0.1) is 21.3 Å². The van der Waals surface area contributed by atoms with Gasteiger partial charge in [-0.3, -0.25) is 9.98 Å². The zero-order valence-electron chi connectivity index (χ0n) is 50.8. The molecule has 1 radical (unpaired) electrons. The van der Waals surface area contributed by atoms with Gasteiger partial charge in [-0.05, 0) is 148 Å². The first-order chi connectivity index (χ1) is 35.4. The second kappa shape index (κ2) is 42.2. The van der Waals surface area contributed by atoms with Gasteiger partial charge in [0.25, 0.3) is 0 Å². The minimum atomic E-state index is -1.83. The van der Waals surface area contributed by atoms with E-state index < -0.39 is 6.16 Å². The standard InChI is InChI=1S/C64H106N4O2.CH2O3.2CH4.CH3.Co/c1-13-21-35-63(11,36-22-14-2)57-47-53(9)61(69)55(49-57)51-65-59-33-29-30-34-60(59)66-52-56-50-58(48-54(10)62(56)70)64(12,37-31-45-67(39-23-15-3,40-24-16-4)41-25-17-5)38-32-46-68(42-26-18-6,43-27-19-7)44-28-20-8;2-1(3)4;;;;/h29-30,33-34,47-52H,13-28,31-32,35-46H2,1-12H3;(H2,2,3,4);2*1H4;1H3;/q;;;;-1;/p+2. The van der Waals surface area contributed by atoms with Gasteiger partial charge in [0, 0.05) is 40.3 Å². The number of rotatable bonds is 38. The van der Waals surface area contributed by atoms with E-state index >= 15 is 0 Å². The van der Waals surface area contributed by atoms with E-state index in [2.05, 4.69) is 100 Å². The number of hydrogen-bond donors (Lipinski definition) is 4. The third-order valence-corrected chi connectivity index (χ3v) is 16.4. The molecule has 0 heterocycles. The van der Waals surface area contributed by atoms with Crippen molar-refractivity contribution in [3.63, 3.8) is 0 Å². The van der Waals surface area contributed by atoms with Crippen LogP contribution in [0.2, 0.25) is 0 Å². The predicted octanol–water partition coefficient (Wildman–Crippen LogP) is 20.0. The molecule has 0 bridgehead atoms. The number of para-hydroxylation sites is 2. The van der Waals surface area contributed by atoms with Crippen LogP contribution in [-0.2, 0) is 27.6 Å². The van der Waals surface area contributed by atoms with E-state index in [0.717, 1.165) is 59.3 Å². The minimum Gasteiger partial charge on any atom is -0.507 e. The molecule has 0 amide bonds. The maximum atomic E-state index is 11.7. The van der Waals surface area contributed by atoms with E-state index in [1.54, 1.807) is 0 Å². The van der Waals surface area contributed by atoms with Gasteiger partial charge in [0.15, 0.2) is 0 Å². The second-order valence-corrected chi connectivity index (χ2v) is 22.9. The molecular weight excluding hydrogens is 1010 g/mol. The molecule has 0 fully saturated rings. The molecule has 0 aliphatic carbocycles. The van der Waals surface area contributed by atoms with Crippen LogP contribution in [-0.4, -0.2) is 100 Å². The van der Waals surface area contributed by atoms with E-state index in [9.17, 15) is 10.2 Å². The van der Waals surface area contributed by atoms with Crippen molar-refractivity contribution in [3.8, 4) is 11.5 Å². The molecule has 0 spiro atoms. The summed E-state index contributed by atoms with van der Waals surface area (Å²) < 4.78 is 2.54. The molecule has 0 aliphatic rings. The number of hydrogen-bond acceptors (Lipinski definition) is 5. The number of phenolic OH excluding ortho intramolecular Hbond substituents is 2. The van der Waals surface area contributed by atoms with Crippen LogP contribution in [0.4, 0.5) is 16.2 Å². The fraction of sp³-hybridized carbons (Fsp3) is 0.676. The summed E-state index contributed by atoms with van der Waals surface area (Å²) in [6, 6.07) is 16.9. The Balaban J connectivity index is -0.00000678. The molecule has 0 unspecified atom stereocenters. The largest absolute Gasteiger partial charge is 0.507 e. The van der Waals surface area contributed by atoms with Crippen molar-refractivity contribution < 1.29 is 51.0 Å². The van der Waals surface area contributed by atoms with Crippen LogP contribution in [0.15, 0.2) is 58.5 Å². The fourth-order valence-electron chi connectivity index (χ4n) is 11.3. The molecule has 0 aliphatic heterocycles. The van der Waals surface area contributed by atoms with Crippen molar-refractivity contribution >= 4 is 30.0 Å². The van der Waals surface area contributed by atoms with Crippen LogP contribution < -0.4 is 0 Å². The van der Waals surface area contributed by atoms with Gasteiger partial charge in [-0.1, -0.05) is 173 Å². The van der Waals surface area contributed by atoms with Gasteiger partial charge in [0.1, 0.15) is 11.5 Å². The average Bonchev–Trinajstić information content (AvgIpc) is 3.38. The molecule has 0 atom stereocenters. The maximum Gasteiger partial charge on any atom is 0.503 e. The summed E-state index contributed by atoms with van der Waals surface area (Å²) in [6.07, 6.45) is 28.9. The summed E-state index contributed by atoms with van der Waals surface area (Å²) in [7, 11) is 0. The molecule has 3 aromatic rings. The Morgan fingerprint density at radius 3 is 0.974 bits per heavy atom. The topological polar surface area (TPSA) is 123 Å². The molecule has 0 aromatic heterocycles. The predicted molar refractivity (Wildman–Crippen MR) is 338 cm³/mol. The van der Waals surface area contributed by atoms with Gasteiger partial charge in [0.2, 0.25) is 0 Å². The van der Waals surface area contributed by atoms with Gasteiger partial charge in [-0.25, -0.2) is 4.79 Å². The number of unbranched alkanes of at least 4 members (excludes halogenated alkanes) is 8. The van der Waals surface area contributed by atoms with Gasteiger partial charge in [0.05, 0.1) is 63.7 Å². The van der Waals surface area contributed by atoms with Gasteiger partial charge in [-0.15, -0.1) is 0 Å². The number of benzene rings is 3. The van der Waals surface area contributed by atoms with E-state index in [0.29, 0.717) is 5.75 Å². The Labute approximate surface area is 491 Å². The molecule has 3 rings (SSSR count). The molecule has 9 nitrogen and oxygen atoms in total. The van der Waals surface area contributed by atoms with Crippen molar-refractivity contribution in [1.82, 2.24) is 0 Å². The molecule has 0 saturated heterocycles. The summed E-state index contributed by atoms with van der Waals surface area (Å²) in [5.41, 5.74) is 7.35. The Hall–Kier alpha value is -3.70. The second-order valence-electron chi connectivity index (χ2n) is 22.9. The molecule has 451 valence electrons. The Morgan fingerprint density at radius 1 is 0.474 bits per heavy atom. The van der Waals surface area contributed by atoms with Crippen molar-refractivity contribution in [2.24, 2.45) is 9.98 Å². The average molecular weight is 1130 g/mol. The first-order valence-electron chi connectivity index (χ1n) is 29.9. The normalized spacial score (nSPS) is 11.8. The van der Waals surface area contributed by atoms with Gasteiger partial charge >= 0.3 is 6.16 Å². The molecule has 3 aromatic carbocycles. The zero-order valence-corrected chi connectivity index (χ0v) is 51.8. The summed E-state index contributed by atoms with van der Waals surface area (Å²) in [6.45, 7) is 38.0. The maximum absolute atomic E-state index is 11.7. The van der Waals surface area contributed by atoms with Crippen molar-refractivity contribution in [2.75, 3.05) is 52.4 Å². The monoisotopic (exact) mass is 1130 g/mol. The zero-order chi connectivity index (χ0) is 55.0. The van der Waals surface area contributed by atoms with E-state index in [1.807, 2.05) is 43.6 Å². The number of quaternary nitrogens is 2. The fourth-order valence-corrected chi connectivity index (χ4v) is 11.3. The third kappa shape index (κ3) is 26.7. The molecular formula is C68H121CoN4O5+. The van der Waals surface area contributed by atoms with Crippen molar-refractivity contribution in [2.45, 2.75) is 250 Å². The Kier molecular flexibility index (Phi) is 42.5. The van der Waals surface area contributed by atoms with Crippen LogP contribution in [0.1, 0.15) is 259 Å². The molecule has 4 N–H and O–H groups in total. The quantitative estimate of drug-likeness (QED) is 0.0259. The van der Waals surface area contributed by atoms with E-state index in [1.165, 1.54) is 188 Å². The summed E-state index contributed by atoms with van der Waals surface area (Å²) in [4.78, 5) is 18.6. The number of aliphatic imine (C=N–C) groups is 2. The molecule has 78 heavy (non-hydrogen) atoms. The van der Waals surface area contributed by atoms with E-state index in [-0.39, 0.29) is 55.6 Å². The van der Waals surface area contributed by atoms with Crippen molar-refractivity contribution in [3.05, 3.63) is 89.3 Å². The Bertz CT molecular complexity index is 2010. The molecule has 0 saturated carbocycles. The first kappa shape index (κ1) is 78.5. The van der Waals surface area contributed by atoms with Gasteiger partial charge < -0.3 is 36.8 Å². The minimum absolute atomic E-state index is 0. The van der Waals surface area contributed by atoms with Crippen LogP contribution in [0.3, 0.4) is 0 Å². The van der Waals surface area contributed by atoms with E-state index in [4.69, 9.17) is 25.0 Å². The van der Waals surface area contributed by atoms with Crippen LogP contribution in [0.5, 0.6) is 11.5 Å². The summed E-state index contributed by atoms with van der Waals surface area (Å²) >= 11 is 0. The van der Waals surface area contributed by atoms with Gasteiger partial charge in [-0.2, -0.15) is 0 Å². The number of nitrogens with zero attached hydrogens (tertiary/aromatic N) is 4. The Morgan fingerprint density at radius 2 is 0.718 bits per heavy atom. The van der Waals surface area contributed by atoms with Crippen LogP contribution in [0.25, 0.3) is 0 Å². The molecule has 10 heteroatoms. The summed E-state index contributed by atoms with van der Waals surface area (Å²) in [5, 5.41) is 37.0. The number of aromatic hydroxyl groups is 2. The van der Waals surface area contributed by atoms with Crippen molar-refractivity contribution in [1.29, 1.82) is 0 Å². The number of carbonyl (C=O) groups is 1.